The third-order valence-electron chi connectivity index (χ3n) is 5.17. The molecule has 1 aliphatic heterocycles. The molecule has 0 unspecified atom stereocenters. The summed E-state index contributed by atoms with van der Waals surface area (Å²) in [7, 11) is 0. The van der Waals surface area contributed by atoms with Gasteiger partial charge in [-0.2, -0.15) is 24.5 Å². The van der Waals surface area contributed by atoms with Gasteiger partial charge in [0.15, 0.2) is 0 Å². The molecule has 3 aromatic heterocycles. The fourth-order valence-corrected chi connectivity index (χ4v) is 4.29. The van der Waals surface area contributed by atoms with Crippen LogP contribution in [-0.2, 0) is 6.18 Å². The van der Waals surface area contributed by atoms with Crippen molar-refractivity contribution in [3.63, 3.8) is 0 Å². The smallest absolute Gasteiger partial charge is 0.355 e. The molecular formula is C20H22ClF3N4S. The first-order chi connectivity index (χ1) is 13.5. The third-order valence-corrected chi connectivity index (χ3v) is 5.85. The second-order valence-electron chi connectivity index (χ2n) is 6.87. The maximum atomic E-state index is 13.3. The molecule has 0 amide bonds. The summed E-state index contributed by atoms with van der Waals surface area (Å²) < 4.78 is 39.9. The van der Waals surface area contributed by atoms with Crippen molar-refractivity contribution in [2.75, 3.05) is 37.6 Å². The number of likely N-dealkylation sites (N-methyl/N-ethyl adjacent to an activating group) is 1. The summed E-state index contributed by atoms with van der Waals surface area (Å²) >= 11 is 1.50. The maximum Gasteiger partial charge on any atom is 0.433 e. The standard InChI is InChI=1S/C20H21F3N4S.ClH/c1-2-26-7-3-8-27(10-9-26)19-15-4-5-17(20(21,22)23)25-18(15)16(12-24-19)14-6-11-28-13-14;/h4-6,11-13H,2-3,7-10H2,1H3;1H. The van der Waals surface area contributed by atoms with Gasteiger partial charge < -0.3 is 9.80 Å². The van der Waals surface area contributed by atoms with E-state index in [1.54, 1.807) is 6.20 Å². The van der Waals surface area contributed by atoms with Gasteiger partial charge in [0.25, 0.3) is 0 Å². The average Bonchev–Trinajstić information content (AvgIpc) is 3.11. The number of halogens is 4. The van der Waals surface area contributed by atoms with Crippen LogP contribution in [0.1, 0.15) is 19.0 Å². The van der Waals surface area contributed by atoms with Crippen LogP contribution in [0.4, 0.5) is 19.0 Å². The van der Waals surface area contributed by atoms with E-state index >= 15 is 0 Å². The van der Waals surface area contributed by atoms with Gasteiger partial charge in [-0.15, -0.1) is 12.4 Å². The summed E-state index contributed by atoms with van der Waals surface area (Å²) in [6.45, 7) is 6.71. The summed E-state index contributed by atoms with van der Waals surface area (Å²) in [5, 5.41) is 4.47. The molecule has 0 aromatic carbocycles. The molecule has 0 saturated carbocycles. The molecule has 0 radical (unpaired) electrons. The van der Waals surface area contributed by atoms with E-state index in [-0.39, 0.29) is 12.4 Å². The highest BCUT2D eigenvalue weighted by Gasteiger charge is 2.33. The van der Waals surface area contributed by atoms with Gasteiger partial charge in [0.2, 0.25) is 0 Å². The Morgan fingerprint density at radius 1 is 1.10 bits per heavy atom. The van der Waals surface area contributed by atoms with Gasteiger partial charge in [0.1, 0.15) is 11.5 Å². The molecule has 0 N–H and O–H groups in total. The monoisotopic (exact) mass is 442 g/mol. The van der Waals surface area contributed by atoms with Crippen molar-refractivity contribution in [1.29, 1.82) is 0 Å². The molecule has 0 bridgehead atoms. The van der Waals surface area contributed by atoms with Crippen molar-refractivity contribution in [3.05, 3.63) is 40.8 Å². The van der Waals surface area contributed by atoms with Crippen molar-refractivity contribution in [3.8, 4) is 11.1 Å². The number of pyridine rings is 2. The van der Waals surface area contributed by atoms with Crippen LogP contribution in [0.15, 0.2) is 35.2 Å². The van der Waals surface area contributed by atoms with Gasteiger partial charge in [0.05, 0.1) is 5.52 Å². The van der Waals surface area contributed by atoms with Crippen LogP contribution in [-0.4, -0.2) is 47.6 Å². The zero-order chi connectivity index (χ0) is 19.7. The van der Waals surface area contributed by atoms with E-state index in [0.717, 1.165) is 50.8 Å². The highest BCUT2D eigenvalue weighted by molar-refractivity contribution is 7.08. The predicted molar refractivity (Wildman–Crippen MR) is 114 cm³/mol. The Balaban J connectivity index is 0.00000240. The molecule has 9 heteroatoms. The lowest BCUT2D eigenvalue weighted by Gasteiger charge is -2.24. The van der Waals surface area contributed by atoms with Gasteiger partial charge >= 0.3 is 6.18 Å². The van der Waals surface area contributed by atoms with Crippen LogP contribution in [0.5, 0.6) is 0 Å². The number of aromatic nitrogens is 2. The molecule has 156 valence electrons. The molecule has 1 fully saturated rings. The number of rotatable bonds is 3. The Bertz CT molecular complexity index is 962. The molecular weight excluding hydrogens is 421 g/mol. The molecule has 4 rings (SSSR count). The van der Waals surface area contributed by atoms with E-state index in [0.29, 0.717) is 22.3 Å². The average molecular weight is 443 g/mol. The zero-order valence-corrected chi connectivity index (χ0v) is 17.6. The first-order valence-electron chi connectivity index (χ1n) is 9.34. The predicted octanol–water partition coefficient (Wildman–Crippen LogP) is 5.33. The van der Waals surface area contributed by atoms with Gasteiger partial charge in [-0.25, -0.2) is 9.97 Å². The largest absolute Gasteiger partial charge is 0.433 e. The van der Waals surface area contributed by atoms with Crippen LogP contribution < -0.4 is 4.90 Å². The second-order valence-corrected chi connectivity index (χ2v) is 7.65. The normalized spacial score (nSPS) is 15.9. The lowest BCUT2D eigenvalue weighted by Crippen LogP contribution is -2.31. The lowest BCUT2D eigenvalue weighted by atomic mass is 10.1. The summed E-state index contributed by atoms with van der Waals surface area (Å²) in [6, 6.07) is 4.46. The Labute approximate surface area is 177 Å². The summed E-state index contributed by atoms with van der Waals surface area (Å²) in [5.74, 6) is 0.716. The Morgan fingerprint density at radius 3 is 2.62 bits per heavy atom. The van der Waals surface area contributed by atoms with E-state index in [9.17, 15) is 13.2 Å². The number of fused-ring (bicyclic) bond motifs is 1. The summed E-state index contributed by atoms with van der Waals surface area (Å²) in [5.41, 5.74) is 0.960. The van der Waals surface area contributed by atoms with E-state index in [1.807, 2.05) is 16.8 Å². The van der Waals surface area contributed by atoms with Gasteiger partial charge in [-0.3, -0.25) is 0 Å². The SMILES string of the molecule is CCN1CCCN(c2ncc(-c3ccsc3)c3nc(C(F)(F)F)ccc23)CC1.Cl. The molecule has 3 aromatic rings. The molecule has 0 spiro atoms. The number of hydrogen-bond acceptors (Lipinski definition) is 5. The minimum Gasteiger partial charge on any atom is -0.355 e. The van der Waals surface area contributed by atoms with Crippen molar-refractivity contribution in [1.82, 2.24) is 14.9 Å². The number of hydrogen-bond donors (Lipinski definition) is 0. The Hall–Kier alpha value is -1.90. The van der Waals surface area contributed by atoms with Gasteiger partial charge in [0, 0.05) is 36.8 Å². The highest BCUT2D eigenvalue weighted by Crippen LogP contribution is 2.36. The molecule has 0 atom stereocenters. The van der Waals surface area contributed by atoms with Crippen LogP contribution >= 0.6 is 23.7 Å². The third kappa shape index (κ3) is 4.49. The van der Waals surface area contributed by atoms with Crippen molar-refractivity contribution >= 4 is 40.5 Å². The quantitative estimate of drug-likeness (QED) is 0.548. The minimum absolute atomic E-state index is 0. The molecule has 1 aliphatic rings. The van der Waals surface area contributed by atoms with Crippen molar-refractivity contribution in [2.24, 2.45) is 0 Å². The summed E-state index contributed by atoms with van der Waals surface area (Å²) in [6.07, 6.45) is -1.82. The molecule has 1 saturated heterocycles. The van der Waals surface area contributed by atoms with E-state index in [4.69, 9.17) is 0 Å². The van der Waals surface area contributed by atoms with E-state index in [1.165, 1.54) is 17.4 Å². The van der Waals surface area contributed by atoms with Crippen LogP contribution in [0, 0.1) is 0 Å². The number of thiophene rings is 1. The minimum atomic E-state index is -4.48. The Morgan fingerprint density at radius 2 is 1.93 bits per heavy atom. The summed E-state index contributed by atoms with van der Waals surface area (Å²) in [4.78, 5) is 13.2. The number of nitrogens with zero attached hydrogens (tertiary/aromatic N) is 4. The molecule has 0 aliphatic carbocycles. The van der Waals surface area contributed by atoms with Crippen molar-refractivity contribution in [2.45, 2.75) is 19.5 Å². The fraction of sp³-hybridized carbons (Fsp3) is 0.400. The number of anilines is 1. The Kier molecular flexibility index (Phi) is 6.65. The highest BCUT2D eigenvalue weighted by atomic mass is 35.5. The maximum absolute atomic E-state index is 13.3. The van der Waals surface area contributed by atoms with Crippen molar-refractivity contribution < 1.29 is 13.2 Å². The molecule has 4 nitrogen and oxygen atoms in total. The second kappa shape index (κ2) is 8.85. The van der Waals surface area contributed by atoms with Crippen LogP contribution in [0.2, 0.25) is 0 Å². The zero-order valence-electron chi connectivity index (χ0n) is 15.9. The van der Waals surface area contributed by atoms with E-state index in [2.05, 4.69) is 26.7 Å². The van der Waals surface area contributed by atoms with Crippen LogP contribution in [0.25, 0.3) is 22.0 Å². The molecule has 4 heterocycles. The van der Waals surface area contributed by atoms with E-state index < -0.39 is 11.9 Å². The fourth-order valence-electron chi connectivity index (χ4n) is 3.64. The lowest BCUT2D eigenvalue weighted by molar-refractivity contribution is -0.140. The van der Waals surface area contributed by atoms with Gasteiger partial charge in [-0.1, -0.05) is 6.92 Å². The molecule has 29 heavy (non-hydrogen) atoms. The van der Waals surface area contributed by atoms with Gasteiger partial charge in [-0.05, 0) is 54.0 Å². The first kappa shape index (κ1) is 21.8. The van der Waals surface area contributed by atoms with Crippen LogP contribution in [0.3, 0.4) is 0 Å². The topological polar surface area (TPSA) is 32.3 Å². The number of alkyl halides is 3. The first-order valence-corrected chi connectivity index (χ1v) is 10.3.